The van der Waals surface area contributed by atoms with Crippen LogP contribution in [0, 0.1) is 21.4 Å². The molecule has 10 nitrogen and oxygen atoms in total. The summed E-state index contributed by atoms with van der Waals surface area (Å²) in [7, 11) is 0. The van der Waals surface area contributed by atoms with Gasteiger partial charge in [0, 0.05) is 11.8 Å². The Morgan fingerprint density at radius 3 is 2.46 bits per heavy atom. The minimum absolute atomic E-state index is 0.0599. The Morgan fingerprint density at radius 1 is 1.29 bits per heavy atom. The molecule has 0 aliphatic heterocycles. The first-order valence-electron chi connectivity index (χ1n) is 7.53. The first-order chi connectivity index (χ1) is 13.1. The van der Waals surface area contributed by atoms with Crippen LogP contribution in [0.4, 0.5) is 24.5 Å². The molecule has 0 unspecified atom stereocenters. The molecule has 0 bridgehead atoms. The van der Waals surface area contributed by atoms with Gasteiger partial charge in [0.05, 0.1) is 11.3 Å². The van der Waals surface area contributed by atoms with Gasteiger partial charge in [-0.1, -0.05) is 19.1 Å². The third-order valence-corrected chi connectivity index (χ3v) is 3.11. The number of amides is 1. The van der Waals surface area contributed by atoms with Gasteiger partial charge in [0.2, 0.25) is 11.5 Å². The van der Waals surface area contributed by atoms with Gasteiger partial charge in [-0.3, -0.25) is 25.1 Å². The van der Waals surface area contributed by atoms with Crippen LogP contribution in [0.1, 0.15) is 19.8 Å². The lowest BCUT2D eigenvalue weighted by molar-refractivity contribution is -0.384. The molecule has 0 saturated carbocycles. The molecule has 1 amide bonds. The summed E-state index contributed by atoms with van der Waals surface area (Å²) in [6, 6.07) is 6.71. The zero-order valence-corrected chi connectivity index (χ0v) is 14.3. The molecular weight excluding hydrogens is 385 g/mol. The van der Waals surface area contributed by atoms with Crippen molar-refractivity contribution in [2.75, 3.05) is 5.43 Å². The van der Waals surface area contributed by atoms with Gasteiger partial charge in [-0.15, -0.1) is 0 Å². The summed E-state index contributed by atoms with van der Waals surface area (Å²) in [5.41, 5.74) is 2.50. The number of benzene rings is 1. The minimum atomic E-state index is -5.03. The number of alkyl halides is 3. The maximum Gasteiger partial charge on any atom is 0.450 e. The second kappa shape index (κ2) is 9.76. The van der Waals surface area contributed by atoms with Gasteiger partial charge in [0.25, 0.3) is 5.69 Å². The number of anilines is 1. The van der Waals surface area contributed by atoms with Crippen molar-refractivity contribution in [1.29, 1.82) is 5.26 Å². The zero-order chi connectivity index (χ0) is 21.3. The lowest BCUT2D eigenvalue weighted by atomic mass is 10.1. The van der Waals surface area contributed by atoms with E-state index in [4.69, 9.17) is 5.26 Å². The van der Waals surface area contributed by atoms with Crippen LogP contribution in [0.25, 0.3) is 0 Å². The number of hydrogen-bond acceptors (Lipinski definition) is 8. The predicted molar refractivity (Wildman–Crippen MR) is 91.3 cm³/mol. The third-order valence-electron chi connectivity index (χ3n) is 3.11. The van der Waals surface area contributed by atoms with Crippen LogP contribution >= 0.6 is 0 Å². The quantitative estimate of drug-likeness (QED) is 0.390. The predicted octanol–water partition coefficient (Wildman–Crippen LogP) is 2.29. The number of halogens is 3. The summed E-state index contributed by atoms with van der Waals surface area (Å²) in [5, 5.41) is 26.7. The van der Waals surface area contributed by atoms with E-state index < -0.39 is 34.9 Å². The molecule has 0 fully saturated rings. The Hall–Kier alpha value is -3.82. The largest absolute Gasteiger partial charge is 0.450 e. The Kier molecular flexibility index (Phi) is 7.75. The SMILES string of the molecule is CCC(CC(=O)C(F)(F)F)=NNC(=O)/C(C#N)=N\Nc1ccccc1[N+](=O)[O-]. The highest BCUT2D eigenvalue weighted by Crippen LogP contribution is 2.23. The molecule has 0 saturated heterocycles. The molecule has 148 valence electrons. The number of nitrogens with one attached hydrogen (secondary N) is 2. The van der Waals surface area contributed by atoms with E-state index in [2.05, 4.69) is 15.6 Å². The monoisotopic (exact) mass is 398 g/mol. The highest BCUT2D eigenvalue weighted by molar-refractivity contribution is 6.45. The highest BCUT2D eigenvalue weighted by atomic mass is 19.4. The Morgan fingerprint density at radius 2 is 1.93 bits per heavy atom. The van der Waals surface area contributed by atoms with Gasteiger partial charge in [-0.05, 0) is 12.5 Å². The van der Waals surface area contributed by atoms with Gasteiger partial charge in [-0.2, -0.15) is 28.6 Å². The van der Waals surface area contributed by atoms with E-state index in [1.165, 1.54) is 37.3 Å². The van der Waals surface area contributed by atoms with Crippen molar-refractivity contribution in [3.63, 3.8) is 0 Å². The molecule has 1 aromatic carbocycles. The van der Waals surface area contributed by atoms with E-state index in [0.717, 1.165) is 0 Å². The van der Waals surface area contributed by atoms with Gasteiger partial charge >= 0.3 is 12.1 Å². The summed E-state index contributed by atoms with van der Waals surface area (Å²) >= 11 is 0. The fraction of sp³-hybridized carbons (Fsp3) is 0.267. The average Bonchev–Trinajstić information content (AvgIpc) is 2.64. The van der Waals surface area contributed by atoms with Crippen LogP contribution in [0.3, 0.4) is 0 Å². The normalized spacial score (nSPS) is 12.1. The molecule has 0 radical (unpaired) electrons. The van der Waals surface area contributed by atoms with Crippen LogP contribution in [0.5, 0.6) is 0 Å². The van der Waals surface area contributed by atoms with Crippen LogP contribution in [0.15, 0.2) is 34.5 Å². The van der Waals surface area contributed by atoms with Crippen molar-refractivity contribution in [3.05, 3.63) is 34.4 Å². The molecule has 0 aliphatic carbocycles. The maximum absolute atomic E-state index is 12.3. The number of hydrazone groups is 2. The van der Waals surface area contributed by atoms with E-state index >= 15 is 0 Å². The van der Waals surface area contributed by atoms with Crippen molar-refractivity contribution < 1.29 is 27.7 Å². The second-order valence-corrected chi connectivity index (χ2v) is 5.03. The number of carbonyl (C=O) groups is 2. The van der Waals surface area contributed by atoms with Gasteiger partial charge in [0.15, 0.2) is 0 Å². The molecule has 1 rings (SSSR count). The Balaban J connectivity index is 2.88. The molecule has 1 aromatic rings. The van der Waals surface area contributed by atoms with Crippen LogP contribution in [0.2, 0.25) is 0 Å². The number of Topliss-reactive ketones (excluding diaryl/α,β-unsaturated/α-hetero) is 1. The topological polar surface area (TPSA) is 150 Å². The maximum atomic E-state index is 12.3. The van der Waals surface area contributed by atoms with Crippen molar-refractivity contribution in [2.45, 2.75) is 25.9 Å². The second-order valence-electron chi connectivity index (χ2n) is 5.03. The van der Waals surface area contributed by atoms with Crippen molar-refractivity contribution in [3.8, 4) is 6.07 Å². The number of nitro groups is 1. The summed E-state index contributed by atoms with van der Waals surface area (Å²) in [5.74, 6) is -3.21. The zero-order valence-electron chi connectivity index (χ0n) is 14.3. The van der Waals surface area contributed by atoms with Crippen molar-refractivity contribution in [2.24, 2.45) is 10.2 Å². The summed E-state index contributed by atoms with van der Waals surface area (Å²) in [4.78, 5) is 33.0. The number of ketones is 1. The van der Waals surface area contributed by atoms with Crippen LogP contribution < -0.4 is 10.9 Å². The fourth-order valence-corrected chi connectivity index (χ4v) is 1.68. The van der Waals surface area contributed by atoms with Crippen molar-refractivity contribution in [1.82, 2.24) is 5.43 Å². The molecule has 13 heteroatoms. The first kappa shape index (κ1) is 22.2. The van der Waals surface area contributed by atoms with Crippen molar-refractivity contribution >= 4 is 34.5 Å². The lowest BCUT2D eigenvalue weighted by Crippen LogP contribution is -2.30. The fourth-order valence-electron chi connectivity index (χ4n) is 1.68. The van der Waals surface area contributed by atoms with E-state index in [0.29, 0.717) is 0 Å². The van der Waals surface area contributed by atoms with Gasteiger partial charge in [0.1, 0.15) is 11.8 Å². The van der Waals surface area contributed by atoms with E-state index in [-0.39, 0.29) is 23.5 Å². The molecule has 2 N–H and O–H groups in total. The number of nitriles is 1. The first-order valence-corrected chi connectivity index (χ1v) is 7.53. The molecule has 0 spiro atoms. The van der Waals surface area contributed by atoms with E-state index in [1.54, 1.807) is 0 Å². The number of hydrogen-bond donors (Lipinski definition) is 2. The lowest BCUT2D eigenvalue weighted by Gasteiger charge is -2.06. The standard InChI is InChI=1S/C15H13F3N6O4/c1-2-9(7-13(25)15(16,17)18)20-23-14(26)11(8-19)22-21-10-5-3-4-6-12(10)24(27)28/h3-6,21H,2,7H2,1H3,(H,23,26)/b20-9?,22-11-. The van der Waals surface area contributed by atoms with E-state index in [1.807, 2.05) is 5.43 Å². The summed E-state index contributed by atoms with van der Waals surface area (Å²) < 4.78 is 36.8. The smallest absolute Gasteiger partial charge is 0.289 e. The molecule has 0 aliphatic rings. The number of carbonyl (C=O) groups excluding carboxylic acids is 2. The Labute approximate surface area is 155 Å². The number of para-hydroxylation sites is 2. The van der Waals surface area contributed by atoms with Crippen LogP contribution in [-0.4, -0.2) is 34.2 Å². The molecule has 0 aromatic heterocycles. The molecule has 0 atom stereocenters. The highest BCUT2D eigenvalue weighted by Gasteiger charge is 2.38. The molecular formula is C15H13F3N6O4. The van der Waals surface area contributed by atoms with Gasteiger partial charge in [-0.25, -0.2) is 5.43 Å². The third kappa shape index (κ3) is 6.48. The number of nitro benzene ring substituents is 1. The molecule has 0 heterocycles. The summed E-state index contributed by atoms with van der Waals surface area (Å²) in [6.07, 6.45) is -6.14. The summed E-state index contributed by atoms with van der Waals surface area (Å²) in [6.45, 7) is 1.42. The van der Waals surface area contributed by atoms with Crippen LogP contribution in [-0.2, 0) is 9.59 Å². The Bertz CT molecular complexity index is 873. The van der Waals surface area contributed by atoms with Gasteiger partial charge < -0.3 is 0 Å². The number of rotatable bonds is 8. The molecule has 28 heavy (non-hydrogen) atoms. The minimum Gasteiger partial charge on any atom is -0.289 e. The number of nitrogens with zero attached hydrogens (tertiary/aromatic N) is 4. The average molecular weight is 398 g/mol. The van der Waals surface area contributed by atoms with E-state index in [9.17, 15) is 32.9 Å².